The SMILES string of the molecule is O=C(Nc1ccc(F)cc1)Nc1cc(C(=O)O)ccn1. The van der Waals surface area contributed by atoms with Crippen LogP contribution in [0.1, 0.15) is 10.4 Å². The van der Waals surface area contributed by atoms with Crippen LogP contribution in [0.5, 0.6) is 0 Å². The molecule has 102 valence electrons. The van der Waals surface area contributed by atoms with Crippen LogP contribution in [0, 0.1) is 5.82 Å². The van der Waals surface area contributed by atoms with Gasteiger partial charge in [0.25, 0.3) is 0 Å². The van der Waals surface area contributed by atoms with Crippen molar-refractivity contribution in [2.24, 2.45) is 0 Å². The lowest BCUT2D eigenvalue weighted by molar-refractivity contribution is 0.0696. The third-order valence-corrected chi connectivity index (χ3v) is 2.35. The second-order valence-electron chi connectivity index (χ2n) is 3.82. The highest BCUT2D eigenvalue weighted by atomic mass is 19.1. The van der Waals surface area contributed by atoms with Crippen LogP contribution in [-0.2, 0) is 0 Å². The van der Waals surface area contributed by atoms with Gasteiger partial charge in [0, 0.05) is 11.9 Å². The lowest BCUT2D eigenvalue weighted by Crippen LogP contribution is -2.20. The maximum atomic E-state index is 12.7. The van der Waals surface area contributed by atoms with Crippen LogP contribution in [0.15, 0.2) is 42.6 Å². The molecule has 0 saturated heterocycles. The van der Waals surface area contributed by atoms with Crippen LogP contribution in [-0.4, -0.2) is 22.1 Å². The van der Waals surface area contributed by atoms with Crippen molar-refractivity contribution < 1.29 is 19.1 Å². The van der Waals surface area contributed by atoms with Crippen molar-refractivity contribution in [3.63, 3.8) is 0 Å². The Hall–Kier alpha value is -2.96. The summed E-state index contributed by atoms with van der Waals surface area (Å²) in [5.41, 5.74) is 0.412. The first-order valence-corrected chi connectivity index (χ1v) is 5.57. The van der Waals surface area contributed by atoms with Crippen LogP contribution >= 0.6 is 0 Å². The Morgan fingerprint density at radius 2 is 1.80 bits per heavy atom. The molecule has 0 radical (unpaired) electrons. The van der Waals surface area contributed by atoms with Gasteiger partial charge >= 0.3 is 12.0 Å². The summed E-state index contributed by atoms with van der Waals surface area (Å²) in [6.45, 7) is 0. The van der Waals surface area contributed by atoms with E-state index in [1.807, 2.05) is 0 Å². The molecule has 0 aliphatic heterocycles. The fourth-order valence-corrected chi connectivity index (χ4v) is 1.44. The molecule has 20 heavy (non-hydrogen) atoms. The predicted octanol–water partition coefficient (Wildman–Crippen LogP) is 2.56. The molecule has 0 unspecified atom stereocenters. The van der Waals surface area contributed by atoms with Crippen LogP contribution in [0.3, 0.4) is 0 Å². The number of amides is 2. The van der Waals surface area contributed by atoms with E-state index in [0.717, 1.165) is 0 Å². The Morgan fingerprint density at radius 3 is 2.45 bits per heavy atom. The fraction of sp³-hybridized carbons (Fsp3) is 0. The Morgan fingerprint density at radius 1 is 1.10 bits per heavy atom. The van der Waals surface area contributed by atoms with Crippen molar-refractivity contribution >= 4 is 23.5 Å². The number of nitrogens with one attached hydrogen (secondary N) is 2. The number of carboxylic acids is 1. The molecule has 7 heteroatoms. The van der Waals surface area contributed by atoms with Crippen molar-refractivity contribution in [1.29, 1.82) is 0 Å². The van der Waals surface area contributed by atoms with E-state index in [2.05, 4.69) is 15.6 Å². The Balaban J connectivity index is 2.02. The zero-order valence-electron chi connectivity index (χ0n) is 10.1. The molecule has 1 heterocycles. The molecule has 6 nitrogen and oxygen atoms in total. The number of pyridine rings is 1. The van der Waals surface area contributed by atoms with E-state index in [-0.39, 0.29) is 11.4 Å². The normalized spacial score (nSPS) is 9.85. The molecular formula is C13H10FN3O3. The average molecular weight is 275 g/mol. The quantitative estimate of drug-likeness (QED) is 0.802. The van der Waals surface area contributed by atoms with Gasteiger partial charge in [-0.25, -0.2) is 19.0 Å². The predicted molar refractivity (Wildman–Crippen MR) is 70.2 cm³/mol. The molecule has 3 N–H and O–H groups in total. The van der Waals surface area contributed by atoms with Crippen molar-refractivity contribution in [2.75, 3.05) is 10.6 Å². The number of urea groups is 1. The number of hydrogen-bond donors (Lipinski definition) is 3. The van der Waals surface area contributed by atoms with E-state index in [0.29, 0.717) is 5.69 Å². The smallest absolute Gasteiger partial charge is 0.335 e. The van der Waals surface area contributed by atoms with Gasteiger partial charge < -0.3 is 10.4 Å². The highest BCUT2D eigenvalue weighted by Crippen LogP contribution is 2.10. The molecule has 0 spiro atoms. The van der Waals surface area contributed by atoms with E-state index in [1.54, 1.807) is 0 Å². The fourth-order valence-electron chi connectivity index (χ4n) is 1.44. The van der Waals surface area contributed by atoms with Crippen LogP contribution < -0.4 is 10.6 Å². The van der Waals surface area contributed by atoms with Crippen LogP contribution in [0.4, 0.5) is 20.7 Å². The van der Waals surface area contributed by atoms with E-state index in [9.17, 15) is 14.0 Å². The van der Waals surface area contributed by atoms with Crippen molar-refractivity contribution in [3.05, 3.63) is 54.0 Å². The number of carboxylic acid groups (broad SMARTS) is 1. The molecular weight excluding hydrogens is 265 g/mol. The molecule has 2 amide bonds. The van der Waals surface area contributed by atoms with Crippen LogP contribution in [0.25, 0.3) is 0 Å². The molecule has 0 saturated carbocycles. The highest BCUT2D eigenvalue weighted by molar-refractivity contribution is 5.99. The minimum absolute atomic E-state index is 0.0112. The number of benzene rings is 1. The number of anilines is 2. The summed E-state index contributed by atoms with van der Waals surface area (Å²) >= 11 is 0. The minimum Gasteiger partial charge on any atom is -0.478 e. The van der Waals surface area contributed by atoms with E-state index >= 15 is 0 Å². The summed E-state index contributed by atoms with van der Waals surface area (Å²) < 4.78 is 12.7. The first-order chi connectivity index (χ1) is 9.54. The first-order valence-electron chi connectivity index (χ1n) is 5.57. The molecule has 0 aliphatic rings. The van der Waals surface area contributed by atoms with E-state index in [1.165, 1.54) is 42.6 Å². The van der Waals surface area contributed by atoms with Gasteiger partial charge in [0.1, 0.15) is 11.6 Å². The average Bonchev–Trinajstić information content (AvgIpc) is 2.41. The third kappa shape index (κ3) is 3.52. The van der Waals surface area contributed by atoms with Gasteiger partial charge in [-0.1, -0.05) is 0 Å². The topological polar surface area (TPSA) is 91.3 Å². The lowest BCUT2D eigenvalue weighted by atomic mass is 10.2. The van der Waals surface area contributed by atoms with E-state index < -0.39 is 17.8 Å². The molecule has 2 aromatic rings. The Kier molecular flexibility index (Phi) is 3.90. The number of carbonyl (C=O) groups is 2. The number of nitrogens with zero attached hydrogens (tertiary/aromatic N) is 1. The van der Waals surface area contributed by atoms with Crippen LogP contribution in [0.2, 0.25) is 0 Å². The van der Waals surface area contributed by atoms with Gasteiger partial charge in [-0.3, -0.25) is 5.32 Å². The van der Waals surface area contributed by atoms with Gasteiger partial charge in [0.05, 0.1) is 5.56 Å². The summed E-state index contributed by atoms with van der Waals surface area (Å²) in [7, 11) is 0. The number of aromatic nitrogens is 1. The Labute approximate surface area is 113 Å². The highest BCUT2D eigenvalue weighted by Gasteiger charge is 2.07. The van der Waals surface area contributed by atoms with Gasteiger partial charge in [-0.05, 0) is 36.4 Å². The van der Waals surface area contributed by atoms with Gasteiger partial charge in [-0.15, -0.1) is 0 Å². The summed E-state index contributed by atoms with van der Waals surface area (Å²) in [6, 6.07) is 7.15. The molecule has 0 aliphatic carbocycles. The van der Waals surface area contributed by atoms with E-state index in [4.69, 9.17) is 5.11 Å². The number of aromatic carboxylic acids is 1. The second-order valence-corrected chi connectivity index (χ2v) is 3.82. The summed E-state index contributed by atoms with van der Waals surface area (Å²) in [5.74, 6) is -1.43. The first kappa shape index (κ1) is 13.5. The maximum absolute atomic E-state index is 12.7. The molecule has 2 rings (SSSR count). The third-order valence-electron chi connectivity index (χ3n) is 2.35. The largest absolute Gasteiger partial charge is 0.478 e. The zero-order chi connectivity index (χ0) is 14.5. The summed E-state index contributed by atoms with van der Waals surface area (Å²) in [5, 5.41) is 13.7. The number of rotatable bonds is 3. The number of carbonyl (C=O) groups excluding carboxylic acids is 1. The van der Waals surface area contributed by atoms with Gasteiger partial charge in [0.15, 0.2) is 0 Å². The van der Waals surface area contributed by atoms with Crippen molar-refractivity contribution in [2.45, 2.75) is 0 Å². The number of hydrogen-bond acceptors (Lipinski definition) is 3. The monoisotopic (exact) mass is 275 g/mol. The maximum Gasteiger partial charge on any atom is 0.335 e. The second kappa shape index (κ2) is 5.79. The van der Waals surface area contributed by atoms with Gasteiger partial charge in [0.2, 0.25) is 0 Å². The van der Waals surface area contributed by atoms with Crippen molar-refractivity contribution in [3.8, 4) is 0 Å². The zero-order valence-corrected chi connectivity index (χ0v) is 10.1. The standard InChI is InChI=1S/C13H10FN3O3/c14-9-1-3-10(4-2-9)16-13(20)17-11-7-8(12(18)19)5-6-15-11/h1-7H,(H,18,19)(H2,15,16,17,20). The summed E-state index contributed by atoms with van der Waals surface area (Å²) in [6.07, 6.45) is 1.27. The summed E-state index contributed by atoms with van der Waals surface area (Å²) in [4.78, 5) is 26.2. The minimum atomic E-state index is -1.12. The molecule has 0 bridgehead atoms. The van der Waals surface area contributed by atoms with Gasteiger partial charge in [-0.2, -0.15) is 0 Å². The number of halogens is 1. The van der Waals surface area contributed by atoms with Crippen molar-refractivity contribution in [1.82, 2.24) is 4.98 Å². The molecule has 0 atom stereocenters. The Bertz CT molecular complexity index is 644. The molecule has 1 aromatic carbocycles. The lowest BCUT2D eigenvalue weighted by Gasteiger charge is -2.07. The molecule has 1 aromatic heterocycles. The molecule has 0 fully saturated rings.